The molecule has 1 rings (SSSR count). The van der Waals surface area contributed by atoms with Crippen molar-refractivity contribution in [2.75, 3.05) is 33.4 Å². The van der Waals surface area contributed by atoms with Crippen molar-refractivity contribution in [1.29, 1.82) is 0 Å². The van der Waals surface area contributed by atoms with Crippen molar-refractivity contribution in [3.63, 3.8) is 0 Å². The number of ether oxygens (including phenoxy) is 1. The molecule has 1 atom stereocenters. The number of aliphatic hydroxyl groups excluding tert-OH is 1. The molecular formula is C13H22N2O2. The minimum absolute atomic E-state index is 0.127. The normalized spacial score (nSPS) is 12.8. The highest BCUT2D eigenvalue weighted by Crippen LogP contribution is 2.23. The van der Waals surface area contributed by atoms with Gasteiger partial charge in [-0.1, -0.05) is 19.1 Å². The molecule has 4 nitrogen and oxygen atoms in total. The zero-order chi connectivity index (χ0) is 12.7. The number of hydrogen-bond acceptors (Lipinski definition) is 4. The van der Waals surface area contributed by atoms with Gasteiger partial charge in [0, 0.05) is 19.1 Å². The van der Waals surface area contributed by atoms with Crippen LogP contribution in [0.15, 0.2) is 24.3 Å². The number of likely N-dealkylation sites (N-methyl/N-ethyl adjacent to an activating group) is 1. The van der Waals surface area contributed by atoms with Crippen LogP contribution in [0.5, 0.6) is 5.75 Å². The summed E-state index contributed by atoms with van der Waals surface area (Å²) in [5, 5.41) is 9.05. The van der Waals surface area contributed by atoms with E-state index in [9.17, 15) is 0 Å². The van der Waals surface area contributed by atoms with E-state index < -0.39 is 0 Å². The number of benzene rings is 1. The zero-order valence-corrected chi connectivity index (χ0v) is 10.6. The molecule has 0 heterocycles. The van der Waals surface area contributed by atoms with Crippen LogP contribution < -0.4 is 10.5 Å². The summed E-state index contributed by atoms with van der Waals surface area (Å²) in [6.45, 7) is 4.24. The first-order valence-corrected chi connectivity index (χ1v) is 5.95. The van der Waals surface area contributed by atoms with Crippen LogP contribution in [0, 0.1) is 0 Å². The van der Waals surface area contributed by atoms with Crippen molar-refractivity contribution < 1.29 is 9.84 Å². The number of nitrogens with zero attached hydrogens (tertiary/aromatic N) is 1. The molecule has 96 valence electrons. The van der Waals surface area contributed by atoms with Crippen LogP contribution in [-0.2, 0) is 0 Å². The van der Waals surface area contributed by atoms with Crippen molar-refractivity contribution in [3.8, 4) is 5.75 Å². The average Bonchev–Trinajstić information content (AvgIpc) is 2.38. The Morgan fingerprint density at radius 1 is 1.47 bits per heavy atom. The topological polar surface area (TPSA) is 58.7 Å². The second-order valence-electron chi connectivity index (χ2n) is 3.88. The minimum atomic E-state index is 0.127. The van der Waals surface area contributed by atoms with Gasteiger partial charge in [0.2, 0.25) is 0 Å². The smallest absolute Gasteiger partial charge is 0.119 e. The second kappa shape index (κ2) is 7.27. The first-order chi connectivity index (χ1) is 8.26. The molecule has 0 aliphatic heterocycles. The molecule has 0 radical (unpaired) electrons. The van der Waals surface area contributed by atoms with E-state index in [1.807, 2.05) is 24.3 Å². The molecule has 1 unspecified atom stereocenters. The monoisotopic (exact) mass is 238 g/mol. The van der Waals surface area contributed by atoms with Crippen LogP contribution in [0.25, 0.3) is 0 Å². The van der Waals surface area contributed by atoms with Crippen LogP contribution in [0.1, 0.15) is 18.5 Å². The lowest BCUT2D eigenvalue weighted by atomic mass is 10.0. The maximum Gasteiger partial charge on any atom is 0.119 e. The van der Waals surface area contributed by atoms with E-state index in [0.717, 1.165) is 17.9 Å². The van der Waals surface area contributed by atoms with E-state index in [1.54, 1.807) is 7.11 Å². The van der Waals surface area contributed by atoms with E-state index in [4.69, 9.17) is 15.6 Å². The lowest BCUT2D eigenvalue weighted by molar-refractivity contribution is 0.160. The molecule has 1 aromatic carbocycles. The van der Waals surface area contributed by atoms with Gasteiger partial charge in [0.05, 0.1) is 13.7 Å². The second-order valence-corrected chi connectivity index (χ2v) is 3.88. The van der Waals surface area contributed by atoms with Gasteiger partial charge in [0.25, 0.3) is 0 Å². The Labute approximate surface area is 103 Å². The molecule has 0 bridgehead atoms. The highest BCUT2D eigenvalue weighted by molar-refractivity contribution is 5.30. The van der Waals surface area contributed by atoms with Crippen LogP contribution in [-0.4, -0.2) is 43.4 Å². The van der Waals surface area contributed by atoms with Crippen molar-refractivity contribution in [2.24, 2.45) is 5.73 Å². The minimum Gasteiger partial charge on any atom is -0.497 e. The molecule has 0 saturated heterocycles. The van der Waals surface area contributed by atoms with E-state index in [2.05, 4.69) is 11.8 Å². The van der Waals surface area contributed by atoms with E-state index >= 15 is 0 Å². The molecule has 0 aliphatic carbocycles. The van der Waals surface area contributed by atoms with Gasteiger partial charge in [0.15, 0.2) is 0 Å². The Bertz CT molecular complexity index is 331. The number of hydrogen-bond donors (Lipinski definition) is 2. The van der Waals surface area contributed by atoms with Crippen LogP contribution in [0.3, 0.4) is 0 Å². The van der Waals surface area contributed by atoms with Crippen molar-refractivity contribution in [3.05, 3.63) is 29.8 Å². The number of methoxy groups -OCH3 is 1. The van der Waals surface area contributed by atoms with Crippen molar-refractivity contribution >= 4 is 0 Å². The van der Waals surface area contributed by atoms with Gasteiger partial charge < -0.3 is 15.6 Å². The molecule has 3 N–H and O–H groups in total. The standard InChI is InChI=1S/C13H22N2O2/c1-3-15(7-8-16)13(10-14)11-5-4-6-12(9-11)17-2/h4-6,9,13,16H,3,7-8,10,14H2,1-2H3. The first kappa shape index (κ1) is 14.0. The molecule has 4 heteroatoms. The SMILES string of the molecule is CCN(CCO)C(CN)c1cccc(OC)c1. The largest absolute Gasteiger partial charge is 0.497 e. The summed E-state index contributed by atoms with van der Waals surface area (Å²) in [7, 11) is 1.65. The molecule has 0 amide bonds. The highest BCUT2D eigenvalue weighted by atomic mass is 16.5. The summed E-state index contributed by atoms with van der Waals surface area (Å²) in [5.74, 6) is 0.834. The molecule has 0 saturated carbocycles. The number of nitrogens with two attached hydrogens (primary N) is 1. The van der Waals surface area contributed by atoms with Crippen LogP contribution >= 0.6 is 0 Å². The fraction of sp³-hybridized carbons (Fsp3) is 0.538. The Hall–Kier alpha value is -1.10. The lowest BCUT2D eigenvalue weighted by Gasteiger charge is -2.29. The Balaban J connectivity index is 2.90. The third-order valence-electron chi connectivity index (χ3n) is 2.94. The third-order valence-corrected chi connectivity index (χ3v) is 2.94. The number of rotatable bonds is 7. The van der Waals surface area contributed by atoms with Gasteiger partial charge in [-0.3, -0.25) is 4.90 Å². The van der Waals surface area contributed by atoms with Gasteiger partial charge in [-0.15, -0.1) is 0 Å². The van der Waals surface area contributed by atoms with E-state index in [-0.39, 0.29) is 12.6 Å². The fourth-order valence-electron chi connectivity index (χ4n) is 2.01. The molecule has 1 aromatic rings. The maximum atomic E-state index is 9.05. The first-order valence-electron chi connectivity index (χ1n) is 5.95. The number of aliphatic hydroxyl groups is 1. The lowest BCUT2D eigenvalue weighted by Crippen LogP contribution is -2.35. The summed E-state index contributed by atoms with van der Waals surface area (Å²) in [6.07, 6.45) is 0. The quantitative estimate of drug-likeness (QED) is 0.744. The molecular weight excluding hydrogens is 216 g/mol. The molecule has 0 aromatic heterocycles. The predicted octanol–water partition coefficient (Wildman–Crippen LogP) is 1.01. The van der Waals surface area contributed by atoms with Gasteiger partial charge >= 0.3 is 0 Å². The van der Waals surface area contributed by atoms with Gasteiger partial charge in [-0.2, -0.15) is 0 Å². The van der Waals surface area contributed by atoms with Gasteiger partial charge in [0.1, 0.15) is 5.75 Å². The molecule has 17 heavy (non-hydrogen) atoms. The molecule has 0 spiro atoms. The summed E-state index contributed by atoms with van der Waals surface area (Å²) >= 11 is 0. The van der Waals surface area contributed by atoms with E-state index in [0.29, 0.717) is 13.1 Å². The van der Waals surface area contributed by atoms with Crippen LogP contribution in [0.4, 0.5) is 0 Å². The van der Waals surface area contributed by atoms with E-state index in [1.165, 1.54) is 0 Å². The summed E-state index contributed by atoms with van der Waals surface area (Å²) in [5.41, 5.74) is 6.97. The maximum absolute atomic E-state index is 9.05. The Kier molecular flexibility index (Phi) is 5.97. The molecule has 0 aliphatic rings. The van der Waals surface area contributed by atoms with Crippen molar-refractivity contribution in [1.82, 2.24) is 4.90 Å². The summed E-state index contributed by atoms with van der Waals surface area (Å²) in [4.78, 5) is 2.16. The zero-order valence-electron chi connectivity index (χ0n) is 10.6. The third kappa shape index (κ3) is 3.70. The fourth-order valence-corrected chi connectivity index (χ4v) is 2.01. The molecule has 0 fully saturated rings. The summed E-state index contributed by atoms with van der Waals surface area (Å²) in [6, 6.07) is 8.04. The van der Waals surface area contributed by atoms with Gasteiger partial charge in [-0.25, -0.2) is 0 Å². The predicted molar refractivity (Wildman–Crippen MR) is 69.1 cm³/mol. The van der Waals surface area contributed by atoms with Crippen LogP contribution in [0.2, 0.25) is 0 Å². The summed E-state index contributed by atoms with van der Waals surface area (Å²) < 4.78 is 5.21. The Morgan fingerprint density at radius 3 is 2.76 bits per heavy atom. The average molecular weight is 238 g/mol. The Morgan fingerprint density at radius 2 is 2.24 bits per heavy atom. The van der Waals surface area contributed by atoms with Gasteiger partial charge in [-0.05, 0) is 24.2 Å². The van der Waals surface area contributed by atoms with Crippen molar-refractivity contribution in [2.45, 2.75) is 13.0 Å². The highest BCUT2D eigenvalue weighted by Gasteiger charge is 2.17.